The van der Waals surface area contributed by atoms with Crippen molar-refractivity contribution < 1.29 is 9.34 Å². The first-order valence-electron chi connectivity index (χ1n) is 6.25. The largest absolute Gasteiger partial charge is 0.468 e. The summed E-state index contributed by atoms with van der Waals surface area (Å²) in [6.45, 7) is 2.83. The van der Waals surface area contributed by atoms with Crippen LogP contribution in [0.1, 0.15) is 19.1 Å². The highest BCUT2D eigenvalue weighted by molar-refractivity contribution is 7.98. The van der Waals surface area contributed by atoms with Crippen LogP contribution in [0, 0.1) is 10.1 Å². The quantitative estimate of drug-likeness (QED) is 0.476. The summed E-state index contributed by atoms with van der Waals surface area (Å²) in [4.78, 5) is 14.9. The van der Waals surface area contributed by atoms with E-state index in [1.165, 1.54) is 17.8 Å². The number of thioether (sulfide) groups is 1. The Bertz CT molecular complexity index is 572. The minimum Gasteiger partial charge on any atom is -0.468 e. The predicted octanol–water partition coefficient (Wildman–Crippen LogP) is 3.70. The monoisotopic (exact) mass is 293 g/mol. The molecule has 7 heteroatoms. The number of nitro groups is 1. The number of aromatic nitrogens is 1. The highest BCUT2D eigenvalue weighted by Crippen LogP contribution is 2.31. The molecule has 0 amide bonds. The Labute approximate surface area is 120 Å². The van der Waals surface area contributed by atoms with Gasteiger partial charge < -0.3 is 9.73 Å². The molecule has 0 saturated carbocycles. The molecular weight excluding hydrogens is 278 g/mol. The molecule has 1 N–H and O–H groups in total. The van der Waals surface area contributed by atoms with Crippen molar-refractivity contribution in [3.63, 3.8) is 0 Å². The lowest BCUT2D eigenvalue weighted by molar-refractivity contribution is -0.388. The molecule has 6 nitrogen and oxygen atoms in total. The summed E-state index contributed by atoms with van der Waals surface area (Å²) in [7, 11) is 0. The van der Waals surface area contributed by atoms with Crippen LogP contribution >= 0.6 is 11.8 Å². The number of nitrogens with one attached hydrogen (secondary N) is 1. The van der Waals surface area contributed by atoms with Gasteiger partial charge in [-0.2, -0.15) is 0 Å². The van der Waals surface area contributed by atoms with Gasteiger partial charge in [0.2, 0.25) is 0 Å². The van der Waals surface area contributed by atoms with E-state index < -0.39 is 4.92 Å². The zero-order chi connectivity index (χ0) is 14.4. The lowest BCUT2D eigenvalue weighted by atomic mass is 10.4. The Morgan fingerprint density at radius 2 is 2.30 bits per heavy atom. The van der Waals surface area contributed by atoms with Crippen molar-refractivity contribution in [2.24, 2.45) is 0 Å². The van der Waals surface area contributed by atoms with Gasteiger partial charge in [0.1, 0.15) is 11.6 Å². The molecule has 2 heterocycles. The second-order valence-electron chi connectivity index (χ2n) is 4.07. The van der Waals surface area contributed by atoms with E-state index in [9.17, 15) is 10.1 Å². The molecule has 0 unspecified atom stereocenters. The van der Waals surface area contributed by atoms with Crippen LogP contribution in [-0.2, 0) is 5.75 Å². The fourth-order valence-corrected chi connectivity index (χ4v) is 2.46. The van der Waals surface area contributed by atoms with Crippen molar-refractivity contribution in [2.45, 2.75) is 24.1 Å². The van der Waals surface area contributed by atoms with Gasteiger partial charge in [-0.25, -0.2) is 4.98 Å². The van der Waals surface area contributed by atoms with Crippen molar-refractivity contribution in [3.8, 4) is 0 Å². The van der Waals surface area contributed by atoms with E-state index in [-0.39, 0.29) is 5.69 Å². The normalized spacial score (nSPS) is 10.4. The zero-order valence-electron chi connectivity index (χ0n) is 11.0. The van der Waals surface area contributed by atoms with Gasteiger partial charge in [0, 0.05) is 12.6 Å². The van der Waals surface area contributed by atoms with Crippen LogP contribution in [0.2, 0.25) is 0 Å². The molecule has 0 aromatic carbocycles. The highest BCUT2D eigenvalue weighted by atomic mass is 32.2. The maximum atomic E-state index is 11.0. The molecule has 106 valence electrons. The Balaban J connectivity index is 2.15. The summed E-state index contributed by atoms with van der Waals surface area (Å²) in [6.07, 6.45) is 2.55. The molecule has 0 atom stereocenters. The van der Waals surface area contributed by atoms with Gasteiger partial charge in [0.05, 0.1) is 16.9 Å². The summed E-state index contributed by atoms with van der Waals surface area (Å²) in [5, 5.41) is 14.5. The minimum absolute atomic E-state index is 0.0172. The van der Waals surface area contributed by atoms with Gasteiger partial charge in [0.15, 0.2) is 5.03 Å². The zero-order valence-corrected chi connectivity index (χ0v) is 11.9. The molecule has 2 aromatic rings. The number of furan rings is 1. The first-order valence-corrected chi connectivity index (χ1v) is 7.23. The molecule has 0 aliphatic heterocycles. The number of hydrogen-bond donors (Lipinski definition) is 1. The van der Waals surface area contributed by atoms with Crippen LogP contribution in [0.25, 0.3) is 0 Å². The molecular formula is C13H15N3O3S. The summed E-state index contributed by atoms with van der Waals surface area (Å²) in [5.74, 6) is 1.93. The van der Waals surface area contributed by atoms with Gasteiger partial charge in [0.25, 0.3) is 0 Å². The van der Waals surface area contributed by atoms with Crippen molar-refractivity contribution in [3.05, 3.63) is 46.4 Å². The third-order valence-corrected chi connectivity index (χ3v) is 3.53. The number of rotatable bonds is 7. The van der Waals surface area contributed by atoms with Crippen molar-refractivity contribution in [1.29, 1.82) is 0 Å². The molecule has 0 aliphatic rings. The molecule has 2 rings (SSSR count). The summed E-state index contributed by atoms with van der Waals surface area (Å²) in [6, 6.07) is 6.73. The molecule has 0 aliphatic carbocycles. The second kappa shape index (κ2) is 6.95. The SMILES string of the molecule is CCCNc1ccc([N+](=O)[O-])c(SCc2ccco2)n1. The van der Waals surface area contributed by atoms with E-state index in [1.54, 1.807) is 18.4 Å². The molecule has 0 saturated heterocycles. The first kappa shape index (κ1) is 14.4. The fraction of sp³-hybridized carbons (Fsp3) is 0.308. The van der Waals surface area contributed by atoms with Gasteiger partial charge in [-0.15, -0.1) is 0 Å². The second-order valence-corrected chi connectivity index (χ2v) is 5.04. The van der Waals surface area contributed by atoms with Crippen LogP contribution in [0.3, 0.4) is 0 Å². The van der Waals surface area contributed by atoms with E-state index in [2.05, 4.69) is 10.3 Å². The number of nitrogens with zero attached hydrogens (tertiary/aromatic N) is 2. The van der Waals surface area contributed by atoms with E-state index in [4.69, 9.17) is 4.42 Å². The van der Waals surface area contributed by atoms with E-state index >= 15 is 0 Å². The lowest BCUT2D eigenvalue weighted by Crippen LogP contribution is -2.03. The molecule has 0 bridgehead atoms. The molecule has 0 spiro atoms. The Kier molecular flexibility index (Phi) is 5.00. The van der Waals surface area contributed by atoms with Crippen molar-refractivity contribution in [2.75, 3.05) is 11.9 Å². The van der Waals surface area contributed by atoms with Crippen LogP contribution in [0.4, 0.5) is 11.5 Å². The van der Waals surface area contributed by atoms with E-state index in [1.807, 2.05) is 13.0 Å². The van der Waals surface area contributed by atoms with Crippen LogP contribution in [0.15, 0.2) is 40.0 Å². The van der Waals surface area contributed by atoms with Gasteiger partial charge >= 0.3 is 5.69 Å². The summed E-state index contributed by atoms with van der Waals surface area (Å²) >= 11 is 1.29. The van der Waals surface area contributed by atoms with Crippen molar-refractivity contribution in [1.82, 2.24) is 4.98 Å². The Morgan fingerprint density at radius 1 is 1.45 bits per heavy atom. The Morgan fingerprint density at radius 3 is 2.95 bits per heavy atom. The van der Waals surface area contributed by atoms with E-state index in [0.29, 0.717) is 16.6 Å². The molecule has 2 aromatic heterocycles. The summed E-state index contributed by atoms with van der Waals surface area (Å²) < 4.78 is 5.22. The average molecular weight is 293 g/mol. The maximum Gasteiger partial charge on any atom is 0.301 e. The number of anilines is 1. The first-order chi connectivity index (χ1) is 9.70. The third-order valence-electron chi connectivity index (χ3n) is 2.52. The van der Waals surface area contributed by atoms with E-state index in [0.717, 1.165) is 18.7 Å². The Hall–Kier alpha value is -2.02. The van der Waals surface area contributed by atoms with Crippen LogP contribution in [0.5, 0.6) is 0 Å². The minimum atomic E-state index is -0.416. The predicted molar refractivity (Wildman–Crippen MR) is 77.9 cm³/mol. The van der Waals surface area contributed by atoms with Gasteiger partial charge in [-0.3, -0.25) is 10.1 Å². The third kappa shape index (κ3) is 3.74. The smallest absolute Gasteiger partial charge is 0.301 e. The number of hydrogen-bond acceptors (Lipinski definition) is 6. The fourth-order valence-electron chi connectivity index (χ4n) is 1.56. The average Bonchev–Trinajstić information content (AvgIpc) is 2.96. The van der Waals surface area contributed by atoms with Crippen LogP contribution in [-0.4, -0.2) is 16.5 Å². The van der Waals surface area contributed by atoms with Crippen LogP contribution < -0.4 is 5.32 Å². The molecule has 20 heavy (non-hydrogen) atoms. The highest BCUT2D eigenvalue weighted by Gasteiger charge is 2.17. The van der Waals surface area contributed by atoms with Gasteiger partial charge in [-0.05, 0) is 24.6 Å². The van der Waals surface area contributed by atoms with Gasteiger partial charge in [-0.1, -0.05) is 18.7 Å². The topological polar surface area (TPSA) is 81.2 Å². The molecule has 0 radical (unpaired) electrons. The van der Waals surface area contributed by atoms with Crippen molar-refractivity contribution >= 4 is 23.3 Å². The standard InChI is InChI=1S/C13H15N3O3S/c1-2-7-14-12-6-5-11(16(17)18)13(15-12)20-9-10-4-3-8-19-10/h3-6,8H,2,7,9H2,1H3,(H,14,15). The summed E-state index contributed by atoms with van der Waals surface area (Å²) in [5.41, 5.74) is 0.0172. The molecule has 0 fully saturated rings. The lowest BCUT2D eigenvalue weighted by Gasteiger charge is -2.06. The number of pyridine rings is 1. The maximum absolute atomic E-state index is 11.0.